The Labute approximate surface area is 166 Å². The van der Waals surface area contributed by atoms with Crippen LogP contribution in [0.2, 0.25) is 0 Å². The van der Waals surface area contributed by atoms with Gasteiger partial charge in [0.05, 0.1) is 19.2 Å². The number of guanidine groups is 1. The summed E-state index contributed by atoms with van der Waals surface area (Å²) in [5, 5.41) is 3.38. The van der Waals surface area contributed by atoms with E-state index in [1.54, 1.807) is 0 Å². The summed E-state index contributed by atoms with van der Waals surface area (Å²) in [4.78, 5) is 4.69. The maximum atomic E-state index is 6.26. The molecule has 28 heavy (non-hydrogen) atoms. The molecule has 1 aliphatic heterocycles. The lowest BCUT2D eigenvalue weighted by Gasteiger charge is -2.27. The number of fused-ring (bicyclic) bond motifs is 1. The second-order valence-corrected chi connectivity index (χ2v) is 6.97. The van der Waals surface area contributed by atoms with E-state index >= 15 is 0 Å². The summed E-state index contributed by atoms with van der Waals surface area (Å²) in [6.45, 7) is 1.27. The second-order valence-electron chi connectivity index (χ2n) is 6.97. The van der Waals surface area contributed by atoms with Crippen LogP contribution in [-0.4, -0.2) is 19.1 Å². The van der Waals surface area contributed by atoms with E-state index in [9.17, 15) is 0 Å². The average Bonchev–Trinajstić information content (AvgIpc) is 2.76. The Morgan fingerprint density at radius 1 is 0.929 bits per heavy atom. The lowest BCUT2D eigenvalue weighted by molar-refractivity contribution is 0.262. The molecule has 4 heteroatoms. The number of ether oxygens (including phenoxy) is 1. The van der Waals surface area contributed by atoms with Crippen molar-refractivity contribution in [1.82, 2.24) is 5.32 Å². The van der Waals surface area contributed by atoms with Gasteiger partial charge in [0.15, 0.2) is 5.96 Å². The molecular weight excluding hydrogens is 346 g/mol. The van der Waals surface area contributed by atoms with Crippen LogP contribution in [0.3, 0.4) is 0 Å². The standard InChI is InChI=1S/C24H25N3O/c25-24(27-22-15-16-28-23-14-8-7-13-20(22)23)26-17-21(18-9-3-1-4-10-18)19-11-5-2-6-12-19/h1-14,21-22H,15-17H2,(H3,25,26,27). The molecule has 3 aromatic rings. The fourth-order valence-electron chi connectivity index (χ4n) is 3.68. The Kier molecular flexibility index (Phi) is 5.57. The van der Waals surface area contributed by atoms with Crippen LogP contribution < -0.4 is 15.8 Å². The van der Waals surface area contributed by atoms with Crippen LogP contribution in [0.25, 0.3) is 0 Å². The van der Waals surface area contributed by atoms with Gasteiger partial charge in [-0.2, -0.15) is 0 Å². The fraction of sp³-hybridized carbons (Fsp3) is 0.208. The molecule has 4 nitrogen and oxygen atoms in total. The van der Waals surface area contributed by atoms with E-state index < -0.39 is 0 Å². The van der Waals surface area contributed by atoms with Crippen LogP contribution in [0.1, 0.15) is 35.1 Å². The lowest BCUT2D eigenvalue weighted by Crippen LogP contribution is -2.37. The first-order valence-electron chi connectivity index (χ1n) is 9.69. The molecule has 0 saturated heterocycles. The van der Waals surface area contributed by atoms with Crippen molar-refractivity contribution >= 4 is 5.96 Å². The van der Waals surface area contributed by atoms with Crippen LogP contribution in [0.15, 0.2) is 89.9 Å². The van der Waals surface area contributed by atoms with Crippen LogP contribution in [0.4, 0.5) is 0 Å². The Bertz CT molecular complexity index is 885. The molecule has 1 atom stereocenters. The number of para-hydroxylation sites is 1. The zero-order valence-corrected chi connectivity index (χ0v) is 15.8. The molecule has 0 amide bonds. The number of rotatable bonds is 5. The summed E-state index contributed by atoms with van der Waals surface area (Å²) in [6.07, 6.45) is 0.869. The summed E-state index contributed by atoms with van der Waals surface area (Å²) < 4.78 is 5.73. The number of aliphatic imine (C=N–C) groups is 1. The number of nitrogens with two attached hydrogens (primary N) is 1. The van der Waals surface area contributed by atoms with Gasteiger partial charge in [-0.05, 0) is 17.2 Å². The first kappa shape index (κ1) is 18.1. The largest absolute Gasteiger partial charge is 0.493 e. The van der Waals surface area contributed by atoms with E-state index in [0.29, 0.717) is 19.1 Å². The fourth-order valence-corrected chi connectivity index (χ4v) is 3.68. The summed E-state index contributed by atoms with van der Waals surface area (Å²) in [6, 6.07) is 29.1. The average molecular weight is 371 g/mol. The second kappa shape index (κ2) is 8.61. The smallest absolute Gasteiger partial charge is 0.189 e. The SMILES string of the molecule is NC(=NCC(c1ccccc1)c1ccccc1)NC1CCOc2ccccc21. The minimum Gasteiger partial charge on any atom is -0.493 e. The molecule has 1 heterocycles. The molecular formula is C24H25N3O. The number of benzene rings is 3. The highest BCUT2D eigenvalue weighted by atomic mass is 16.5. The van der Waals surface area contributed by atoms with E-state index in [1.807, 2.05) is 30.3 Å². The molecule has 1 aliphatic rings. The molecule has 1 unspecified atom stereocenters. The maximum absolute atomic E-state index is 6.26. The Morgan fingerprint density at radius 2 is 1.54 bits per heavy atom. The first-order chi connectivity index (χ1) is 13.8. The third-order valence-corrected chi connectivity index (χ3v) is 5.13. The third kappa shape index (κ3) is 4.17. The van der Waals surface area contributed by atoms with Crippen LogP contribution in [0, 0.1) is 0 Å². The summed E-state index contributed by atoms with van der Waals surface area (Å²) >= 11 is 0. The minimum atomic E-state index is 0.126. The summed E-state index contributed by atoms with van der Waals surface area (Å²) in [5.41, 5.74) is 9.87. The van der Waals surface area contributed by atoms with Crippen LogP contribution in [-0.2, 0) is 0 Å². The maximum Gasteiger partial charge on any atom is 0.189 e. The van der Waals surface area contributed by atoms with Gasteiger partial charge in [-0.15, -0.1) is 0 Å². The highest BCUT2D eigenvalue weighted by molar-refractivity contribution is 5.78. The third-order valence-electron chi connectivity index (χ3n) is 5.13. The molecule has 0 aromatic heterocycles. The van der Waals surface area contributed by atoms with Gasteiger partial charge in [0.25, 0.3) is 0 Å². The predicted molar refractivity (Wildman–Crippen MR) is 114 cm³/mol. The minimum absolute atomic E-state index is 0.126. The van der Waals surface area contributed by atoms with Crippen molar-refractivity contribution in [2.75, 3.05) is 13.2 Å². The molecule has 0 fully saturated rings. The highest BCUT2D eigenvalue weighted by Gasteiger charge is 2.21. The van der Waals surface area contributed by atoms with Gasteiger partial charge in [-0.25, -0.2) is 0 Å². The van der Waals surface area contributed by atoms with Gasteiger partial charge in [-0.1, -0.05) is 78.9 Å². The van der Waals surface area contributed by atoms with E-state index in [0.717, 1.165) is 17.7 Å². The number of nitrogens with one attached hydrogen (secondary N) is 1. The Balaban J connectivity index is 1.51. The van der Waals surface area contributed by atoms with Crippen molar-refractivity contribution in [2.24, 2.45) is 10.7 Å². The number of hydrogen-bond acceptors (Lipinski definition) is 2. The molecule has 142 valence electrons. The van der Waals surface area contributed by atoms with Gasteiger partial charge in [0.2, 0.25) is 0 Å². The predicted octanol–water partition coefficient (Wildman–Crippen LogP) is 4.25. The van der Waals surface area contributed by atoms with Crippen molar-refractivity contribution in [1.29, 1.82) is 0 Å². The topological polar surface area (TPSA) is 59.6 Å². The van der Waals surface area contributed by atoms with Crippen molar-refractivity contribution in [3.05, 3.63) is 102 Å². The van der Waals surface area contributed by atoms with Gasteiger partial charge < -0.3 is 15.8 Å². The molecule has 4 rings (SSSR count). The van der Waals surface area contributed by atoms with E-state index in [4.69, 9.17) is 10.5 Å². The molecule has 0 bridgehead atoms. The lowest BCUT2D eigenvalue weighted by atomic mass is 9.91. The van der Waals surface area contributed by atoms with Gasteiger partial charge in [-0.3, -0.25) is 4.99 Å². The zero-order valence-electron chi connectivity index (χ0n) is 15.8. The van der Waals surface area contributed by atoms with Crippen LogP contribution >= 0.6 is 0 Å². The summed E-state index contributed by atoms with van der Waals surface area (Å²) in [7, 11) is 0. The Hall–Kier alpha value is -3.27. The zero-order chi connectivity index (χ0) is 19.2. The molecule has 0 aliphatic carbocycles. The van der Waals surface area contributed by atoms with Crippen molar-refractivity contribution < 1.29 is 4.74 Å². The van der Waals surface area contributed by atoms with Gasteiger partial charge in [0.1, 0.15) is 5.75 Å². The molecule has 3 N–H and O–H groups in total. The van der Waals surface area contributed by atoms with Crippen LogP contribution in [0.5, 0.6) is 5.75 Å². The number of nitrogens with zero attached hydrogens (tertiary/aromatic N) is 1. The van der Waals surface area contributed by atoms with E-state index in [1.165, 1.54) is 11.1 Å². The van der Waals surface area contributed by atoms with Crippen molar-refractivity contribution in [2.45, 2.75) is 18.4 Å². The van der Waals surface area contributed by atoms with Crippen molar-refractivity contribution in [3.8, 4) is 5.75 Å². The Morgan fingerprint density at radius 3 is 2.21 bits per heavy atom. The quantitative estimate of drug-likeness (QED) is 0.521. The number of hydrogen-bond donors (Lipinski definition) is 2. The normalized spacial score (nSPS) is 16.3. The monoisotopic (exact) mass is 371 g/mol. The summed E-state index contributed by atoms with van der Waals surface area (Å²) in [5.74, 6) is 1.56. The van der Waals surface area contributed by atoms with Gasteiger partial charge >= 0.3 is 0 Å². The van der Waals surface area contributed by atoms with Gasteiger partial charge in [0, 0.05) is 17.9 Å². The molecule has 3 aromatic carbocycles. The van der Waals surface area contributed by atoms with Crippen molar-refractivity contribution in [3.63, 3.8) is 0 Å². The van der Waals surface area contributed by atoms with E-state index in [-0.39, 0.29) is 12.0 Å². The van der Waals surface area contributed by atoms with E-state index in [2.05, 4.69) is 64.9 Å². The highest BCUT2D eigenvalue weighted by Crippen LogP contribution is 2.31. The first-order valence-corrected chi connectivity index (χ1v) is 9.69. The molecule has 0 spiro atoms. The molecule has 0 saturated carbocycles. The molecule has 0 radical (unpaired) electrons.